The van der Waals surface area contributed by atoms with Gasteiger partial charge < -0.3 is 14.9 Å². The summed E-state index contributed by atoms with van der Waals surface area (Å²) in [5, 5.41) is 0.435. The molecule has 2 N–H and O–H groups in total. The van der Waals surface area contributed by atoms with Crippen LogP contribution >= 0.6 is 11.6 Å². The van der Waals surface area contributed by atoms with Gasteiger partial charge in [0.25, 0.3) is 5.91 Å². The number of pyridine rings is 1. The highest BCUT2D eigenvalue weighted by atomic mass is 35.5. The van der Waals surface area contributed by atoms with Gasteiger partial charge in [-0.25, -0.2) is 4.98 Å². The van der Waals surface area contributed by atoms with Gasteiger partial charge in [-0.3, -0.25) is 4.79 Å². The van der Waals surface area contributed by atoms with E-state index in [2.05, 4.69) is 4.98 Å². The summed E-state index contributed by atoms with van der Waals surface area (Å²) in [6.07, 6.45) is 3.88. The number of nitrogens with zero attached hydrogens (tertiary/aromatic N) is 2. The van der Waals surface area contributed by atoms with E-state index >= 15 is 0 Å². The number of carbonyl (C=O) groups excluding carboxylic acids is 1. The zero-order chi connectivity index (χ0) is 15.7. The maximum atomic E-state index is 11.4. The molecule has 1 amide bonds. The Morgan fingerprint density at radius 1 is 1.32 bits per heavy atom. The highest BCUT2D eigenvalue weighted by Gasteiger charge is 2.11. The maximum absolute atomic E-state index is 11.4. The van der Waals surface area contributed by atoms with Gasteiger partial charge in [-0.05, 0) is 36.8 Å². The van der Waals surface area contributed by atoms with Gasteiger partial charge in [-0.2, -0.15) is 0 Å². The molecule has 3 rings (SSSR count). The van der Waals surface area contributed by atoms with Crippen molar-refractivity contribution in [3.05, 3.63) is 64.6 Å². The molecule has 2 heterocycles. The lowest BCUT2D eigenvalue weighted by atomic mass is 10.2. The van der Waals surface area contributed by atoms with Crippen LogP contribution in [0.2, 0.25) is 5.02 Å². The van der Waals surface area contributed by atoms with Gasteiger partial charge in [0.2, 0.25) is 0 Å². The van der Waals surface area contributed by atoms with Crippen LogP contribution in [0.3, 0.4) is 0 Å². The highest BCUT2D eigenvalue weighted by molar-refractivity contribution is 6.31. The number of imidazole rings is 1. The molecular weight excluding hydrogens is 302 g/mol. The molecule has 0 saturated heterocycles. The van der Waals surface area contributed by atoms with Gasteiger partial charge in [0, 0.05) is 17.4 Å². The zero-order valence-electron chi connectivity index (χ0n) is 11.9. The summed E-state index contributed by atoms with van der Waals surface area (Å²) in [4.78, 5) is 15.9. The van der Waals surface area contributed by atoms with Crippen molar-refractivity contribution in [2.45, 2.75) is 13.5 Å². The molecule has 0 atom stereocenters. The van der Waals surface area contributed by atoms with Crippen molar-refractivity contribution in [1.82, 2.24) is 9.38 Å². The number of aromatic nitrogens is 2. The average Bonchev–Trinajstić information content (AvgIpc) is 2.87. The number of ether oxygens (including phenoxy) is 1. The smallest absolute Gasteiger partial charge is 0.252 e. The number of hydrogen-bond donors (Lipinski definition) is 1. The molecule has 0 spiro atoms. The first-order chi connectivity index (χ1) is 10.5. The van der Waals surface area contributed by atoms with E-state index < -0.39 is 5.91 Å². The highest BCUT2D eigenvalue weighted by Crippen LogP contribution is 2.23. The van der Waals surface area contributed by atoms with E-state index in [1.54, 1.807) is 12.1 Å². The Balaban J connectivity index is 1.83. The van der Waals surface area contributed by atoms with Crippen molar-refractivity contribution in [2.75, 3.05) is 0 Å². The molecule has 0 fully saturated rings. The van der Waals surface area contributed by atoms with Crippen LogP contribution in [0.1, 0.15) is 21.6 Å². The Labute approximate surface area is 132 Å². The van der Waals surface area contributed by atoms with Crippen LogP contribution in [0.5, 0.6) is 5.75 Å². The molecule has 0 saturated carbocycles. The van der Waals surface area contributed by atoms with Crippen LogP contribution in [-0.4, -0.2) is 15.3 Å². The first-order valence-corrected chi connectivity index (χ1v) is 7.07. The van der Waals surface area contributed by atoms with Gasteiger partial charge >= 0.3 is 0 Å². The minimum Gasteiger partial charge on any atom is -0.486 e. The third kappa shape index (κ3) is 2.89. The van der Waals surface area contributed by atoms with Crippen LogP contribution in [0.15, 0.2) is 42.7 Å². The summed E-state index contributed by atoms with van der Waals surface area (Å²) in [5.74, 6) is -0.187. The monoisotopic (exact) mass is 315 g/mol. The lowest BCUT2D eigenvalue weighted by Crippen LogP contribution is -2.13. The van der Waals surface area contributed by atoms with E-state index in [1.807, 2.05) is 35.9 Å². The number of halogens is 1. The molecule has 1 aromatic carbocycles. The van der Waals surface area contributed by atoms with Gasteiger partial charge in [0.05, 0.1) is 11.3 Å². The van der Waals surface area contributed by atoms with Crippen molar-refractivity contribution >= 4 is 23.2 Å². The number of rotatable bonds is 4. The number of fused-ring (bicyclic) bond motifs is 1. The predicted molar refractivity (Wildman–Crippen MR) is 84.2 cm³/mol. The zero-order valence-corrected chi connectivity index (χ0v) is 12.7. The summed E-state index contributed by atoms with van der Waals surface area (Å²) >= 11 is 5.87. The summed E-state index contributed by atoms with van der Waals surface area (Å²) in [6, 6.07) is 8.71. The molecule has 0 aliphatic heterocycles. The summed E-state index contributed by atoms with van der Waals surface area (Å²) in [6.45, 7) is 2.26. The largest absolute Gasteiger partial charge is 0.486 e. The quantitative estimate of drug-likeness (QED) is 0.804. The van der Waals surface area contributed by atoms with E-state index in [-0.39, 0.29) is 12.2 Å². The molecule has 112 valence electrons. The van der Waals surface area contributed by atoms with E-state index in [9.17, 15) is 4.79 Å². The second-order valence-corrected chi connectivity index (χ2v) is 5.43. The molecule has 2 aromatic heterocycles. The Morgan fingerprint density at radius 3 is 2.91 bits per heavy atom. The van der Waals surface area contributed by atoms with E-state index in [0.29, 0.717) is 10.8 Å². The Morgan fingerprint density at radius 2 is 2.14 bits per heavy atom. The first-order valence-electron chi connectivity index (χ1n) is 6.69. The number of aryl methyl sites for hydroxylation is 1. The summed E-state index contributed by atoms with van der Waals surface area (Å²) in [5.41, 5.74) is 8.34. The number of benzene rings is 1. The van der Waals surface area contributed by atoms with Crippen molar-refractivity contribution in [2.24, 2.45) is 5.73 Å². The standard InChI is InChI=1S/C16H14ClN3O2/c1-10-2-5-15-19-12(8-20(15)7-10)9-22-14-4-3-11(17)6-13(14)16(18)21/h2-8H,9H2,1H3,(H2,18,21). The van der Waals surface area contributed by atoms with E-state index in [4.69, 9.17) is 22.1 Å². The van der Waals surface area contributed by atoms with Gasteiger partial charge in [-0.1, -0.05) is 17.7 Å². The van der Waals surface area contributed by atoms with Crippen LogP contribution in [-0.2, 0) is 6.61 Å². The van der Waals surface area contributed by atoms with E-state index in [1.165, 1.54) is 6.07 Å². The molecule has 3 aromatic rings. The molecule has 0 aliphatic carbocycles. The Bertz CT molecular complexity index is 858. The van der Waals surface area contributed by atoms with Crippen molar-refractivity contribution in [3.63, 3.8) is 0 Å². The SMILES string of the molecule is Cc1ccc2nc(COc3ccc(Cl)cc3C(N)=O)cn2c1. The van der Waals surface area contributed by atoms with Crippen LogP contribution < -0.4 is 10.5 Å². The molecule has 5 nitrogen and oxygen atoms in total. The Hall–Kier alpha value is -2.53. The average molecular weight is 316 g/mol. The number of nitrogens with two attached hydrogens (primary N) is 1. The second kappa shape index (κ2) is 5.69. The molecule has 6 heteroatoms. The first kappa shape index (κ1) is 14.4. The predicted octanol–water partition coefficient (Wildman–Crippen LogP) is 2.97. The molecule has 0 aliphatic rings. The summed E-state index contributed by atoms with van der Waals surface area (Å²) < 4.78 is 7.60. The second-order valence-electron chi connectivity index (χ2n) is 5.00. The van der Waals surface area contributed by atoms with Crippen LogP contribution in [0.4, 0.5) is 0 Å². The number of primary amides is 1. The fraction of sp³-hybridized carbons (Fsp3) is 0.125. The number of hydrogen-bond acceptors (Lipinski definition) is 3. The molecule has 22 heavy (non-hydrogen) atoms. The van der Waals surface area contributed by atoms with Crippen LogP contribution in [0, 0.1) is 6.92 Å². The van der Waals surface area contributed by atoms with Crippen molar-refractivity contribution in [1.29, 1.82) is 0 Å². The normalized spacial score (nSPS) is 10.8. The van der Waals surface area contributed by atoms with Crippen molar-refractivity contribution in [3.8, 4) is 5.75 Å². The number of amides is 1. The lowest BCUT2D eigenvalue weighted by Gasteiger charge is -2.08. The fourth-order valence-electron chi connectivity index (χ4n) is 2.20. The third-order valence-electron chi connectivity index (χ3n) is 3.23. The lowest BCUT2D eigenvalue weighted by molar-refractivity contribution is 0.0996. The molecule has 0 radical (unpaired) electrons. The third-order valence-corrected chi connectivity index (χ3v) is 3.47. The molecule has 0 bridgehead atoms. The Kier molecular flexibility index (Phi) is 3.73. The topological polar surface area (TPSA) is 69.6 Å². The minimum absolute atomic E-state index is 0.239. The van der Waals surface area contributed by atoms with Crippen LogP contribution in [0.25, 0.3) is 5.65 Å². The maximum Gasteiger partial charge on any atom is 0.252 e. The van der Waals surface area contributed by atoms with Gasteiger partial charge in [0.1, 0.15) is 18.0 Å². The number of carbonyl (C=O) groups is 1. The summed E-state index contributed by atoms with van der Waals surface area (Å²) in [7, 11) is 0. The fourth-order valence-corrected chi connectivity index (χ4v) is 2.37. The van der Waals surface area contributed by atoms with Gasteiger partial charge in [0.15, 0.2) is 0 Å². The van der Waals surface area contributed by atoms with Crippen molar-refractivity contribution < 1.29 is 9.53 Å². The molecular formula is C16H14ClN3O2. The van der Waals surface area contributed by atoms with Gasteiger partial charge in [-0.15, -0.1) is 0 Å². The molecule has 0 unspecified atom stereocenters. The van der Waals surface area contributed by atoms with E-state index in [0.717, 1.165) is 16.9 Å². The minimum atomic E-state index is -0.580.